The maximum Gasteiger partial charge on any atom is 1.00 e. The molecule has 0 bridgehead atoms. The van der Waals surface area contributed by atoms with Crippen LogP contribution in [0.25, 0.3) is 0 Å². The molecule has 0 aromatic carbocycles. The number of rotatable bonds is 2. The Bertz CT molecular complexity index is 29.4. The Morgan fingerprint density at radius 3 is 1.43 bits per heavy atom. The van der Waals surface area contributed by atoms with E-state index >= 15 is 0 Å². The molecule has 0 rings (SSSR count). The first kappa shape index (κ1) is 11.3. The second kappa shape index (κ2) is 7.52. The fourth-order valence-corrected chi connectivity index (χ4v) is 0.0577. The third-order valence-corrected chi connectivity index (χ3v) is 0.421. The molecule has 3 N–H and O–H groups in total. The van der Waals surface area contributed by atoms with Crippen LogP contribution >= 0.6 is 0 Å². The second-order valence-corrected chi connectivity index (χ2v) is 1.02. The predicted molar refractivity (Wildman–Crippen MR) is 20.2 cm³/mol. The van der Waals surface area contributed by atoms with E-state index < -0.39 is 6.10 Å². The van der Waals surface area contributed by atoms with E-state index in [0.717, 1.165) is 0 Å². The zero-order chi connectivity index (χ0) is 4.99. The van der Waals surface area contributed by atoms with Gasteiger partial charge in [-0.3, -0.25) is 0 Å². The zero-order valence-electron chi connectivity index (χ0n) is 4.33. The van der Waals surface area contributed by atoms with Crippen LogP contribution in [-0.2, 0) is 0 Å². The van der Waals surface area contributed by atoms with Crippen molar-refractivity contribution >= 4 is 0 Å². The van der Waals surface area contributed by atoms with E-state index in [1.54, 1.807) is 0 Å². The van der Waals surface area contributed by atoms with Crippen molar-refractivity contribution < 1.29 is 66.7 Å². The van der Waals surface area contributed by atoms with Crippen molar-refractivity contribution in [1.29, 1.82) is 0 Å². The van der Waals surface area contributed by atoms with Gasteiger partial charge in [-0.25, -0.2) is 0 Å². The van der Waals surface area contributed by atoms with Crippen LogP contribution in [0.5, 0.6) is 0 Å². The molecular weight excluding hydrogens is 123 g/mol. The molecule has 0 aliphatic heterocycles. The van der Waals surface area contributed by atoms with Gasteiger partial charge < -0.3 is 15.3 Å². The van der Waals surface area contributed by atoms with Crippen LogP contribution in [0.3, 0.4) is 0 Å². The van der Waals surface area contributed by atoms with Crippen molar-refractivity contribution in [3.05, 3.63) is 0 Å². The normalized spacial score (nSPS) is 8.57. The molecule has 0 aliphatic rings. The van der Waals surface area contributed by atoms with Crippen LogP contribution in [0.4, 0.5) is 0 Å². The molecule has 0 heterocycles. The summed E-state index contributed by atoms with van der Waals surface area (Å²) in [6, 6.07) is 0. The van der Waals surface area contributed by atoms with E-state index in [0.29, 0.717) is 0 Å². The number of aliphatic hydroxyl groups excluding tert-OH is 3. The molecule has 4 heteroatoms. The third kappa shape index (κ3) is 7.52. The van der Waals surface area contributed by atoms with Gasteiger partial charge in [0, 0.05) is 0 Å². The van der Waals surface area contributed by atoms with Crippen LogP contribution in [0, 0.1) is 0 Å². The largest absolute Gasteiger partial charge is 1.00 e. The fourth-order valence-electron chi connectivity index (χ4n) is 0.0577. The smallest absolute Gasteiger partial charge is 0.394 e. The molecule has 3 nitrogen and oxygen atoms in total. The minimum atomic E-state index is -0.954. The van der Waals surface area contributed by atoms with Gasteiger partial charge in [0.2, 0.25) is 0 Å². The Kier molecular flexibility index (Phi) is 12.2. The van der Waals surface area contributed by atoms with Crippen LogP contribution in [-0.4, -0.2) is 34.6 Å². The average Bonchev–Trinajstić information content (AvgIpc) is 1.65. The van der Waals surface area contributed by atoms with Crippen molar-refractivity contribution in [2.75, 3.05) is 13.2 Å². The van der Waals surface area contributed by atoms with Gasteiger partial charge in [0.1, 0.15) is 6.10 Å². The molecule has 38 valence electrons. The molecule has 0 unspecified atom stereocenters. The summed E-state index contributed by atoms with van der Waals surface area (Å²) in [5.41, 5.74) is 0. The Balaban J connectivity index is 0. The molecule has 0 aromatic heterocycles. The number of aliphatic hydroxyl groups is 3. The van der Waals surface area contributed by atoms with Crippen LogP contribution in [0.15, 0.2) is 0 Å². The Hall–Kier alpha value is 1.52. The van der Waals surface area contributed by atoms with Crippen molar-refractivity contribution in [1.82, 2.24) is 0 Å². The fraction of sp³-hybridized carbons (Fsp3) is 1.00. The quantitative estimate of drug-likeness (QED) is 0.330. The van der Waals surface area contributed by atoms with Crippen molar-refractivity contribution in [2.45, 2.75) is 6.10 Å². The molecule has 0 spiro atoms. The van der Waals surface area contributed by atoms with Crippen molar-refractivity contribution in [2.24, 2.45) is 0 Å². The van der Waals surface area contributed by atoms with Crippen molar-refractivity contribution in [3.8, 4) is 0 Å². The monoisotopic (exact) mass is 131 g/mol. The van der Waals surface area contributed by atoms with E-state index in [1.807, 2.05) is 0 Å². The second-order valence-electron chi connectivity index (χ2n) is 1.02. The Labute approximate surface area is 84.8 Å². The summed E-state index contributed by atoms with van der Waals surface area (Å²) < 4.78 is 0. The number of hydrogen-bond donors (Lipinski definition) is 3. The molecular formula is C3H8KO3+. The minimum absolute atomic E-state index is 0. The Morgan fingerprint density at radius 2 is 1.43 bits per heavy atom. The third-order valence-electron chi connectivity index (χ3n) is 0.421. The first-order valence-corrected chi connectivity index (χ1v) is 1.71. The molecule has 0 aliphatic carbocycles. The van der Waals surface area contributed by atoms with Gasteiger partial charge in [0.25, 0.3) is 0 Å². The van der Waals surface area contributed by atoms with E-state index in [1.165, 1.54) is 0 Å². The van der Waals surface area contributed by atoms with Crippen LogP contribution in [0.1, 0.15) is 0 Å². The Morgan fingerprint density at radius 1 is 1.14 bits per heavy atom. The minimum Gasteiger partial charge on any atom is -0.394 e. The van der Waals surface area contributed by atoms with Gasteiger partial charge in [0.05, 0.1) is 13.2 Å². The number of hydrogen-bond acceptors (Lipinski definition) is 3. The molecule has 0 saturated heterocycles. The summed E-state index contributed by atoms with van der Waals surface area (Å²) in [5, 5.41) is 24.0. The van der Waals surface area contributed by atoms with Gasteiger partial charge in [-0.1, -0.05) is 0 Å². The molecule has 0 aromatic rings. The molecule has 0 saturated carbocycles. The summed E-state index contributed by atoms with van der Waals surface area (Å²) in [4.78, 5) is 0. The van der Waals surface area contributed by atoms with Gasteiger partial charge in [-0.2, -0.15) is 0 Å². The topological polar surface area (TPSA) is 60.7 Å². The van der Waals surface area contributed by atoms with E-state index in [2.05, 4.69) is 0 Å². The van der Waals surface area contributed by atoms with E-state index in [-0.39, 0.29) is 64.6 Å². The maximum atomic E-state index is 8.17. The van der Waals surface area contributed by atoms with Crippen LogP contribution < -0.4 is 51.4 Å². The van der Waals surface area contributed by atoms with E-state index in [9.17, 15) is 0 Å². The predicted octanol–water partition coefficient (Wildman–Crippen LogP) is -4.66. The molecule has 0 fully saturated rings. The first-order chi connectivity index (χ1) is 2.81. The van der Waals surface area contributed by atoms with Gasteiger partial charge in [-0.05, 0) is 0 Å². The molecule has 7 heavy (non-hydrogen) atoms. The van der Waals surface area contributed by atoms with Gasteiger partial charge in [-0.15, -0.1) is 0 Å². The average molecular weight is 131 g/mol. The zero-order valence-corrected chi connectivity index (χ0v) is 7.46. The van der Waals surface area contributed by atoms with Crippen LogP contribution in [0.2, 0.25) is 0 Å². The standard InChI is InChI=1S/C3H8O3.K/c4-1-3(6)2-5;/h3-6H,1-2H2;/q;+1. The van der Waals surface area contributed by atoms with E-state index in [4.69, 9.17) is 15.3 Å². The molecule has 0 radical (unpaired) electrons. The molecule has 0 amide bonds. The first-order valence-electron chi connectivity index (χ1n) is 1.71. The van der Waals surface area contributed by atoms with Gasteiger partial charge >= 0.3 is 51.4 Å². The summed E-state index contributed by atoms with van der Waals surface area (Å²) >= 11 is 0. The SMILES string of the molecule is OCC(O)CO.[K+]. The maximum absolute atomic E-state index is 8.17. The summed E-state index contributed by atoms with van der Waals surface area (Å²) in [6.07, 6.45) is -0.954. The van der Waals surface area contributed by atoms with Crippen molar-refractivity contribution in [3.63, 3.8) is 0 Å². The van der Waals surface area contributed by atoms with Gasteiger partial charge in [0.15, 0.2) is 0 Å². The summed E-state index contributed by atoms with van der Waals surface area (Å²) in [5.74, 6) is 0. The summed E-state index contributed by atoms with van der Waals surface area (Å²) in [6.45, 7) is -0.729. The molecule has 0 atom stereocenters. The summed E-state index contributed by atoms with van der Waals surface area (Å²) in [7, 11) is 0.